The van der Waals surface area contributed by atoms with Crippen molar-refractivity contribution in [1.82, 2.24) is 9.62 Å². The van der Waals surface area contributed by atoms with Crippen LogP contribution < -0.4 is 4.72 Å². The van der Waals surface area contributed by atoms with Gasteiger partial charge in [-0.05, 0) is 6.92 Å². The Bertz CT molecular complexity index is 260. The maximum absolute atomic E-state index is 10.9. The molecule has 0 bridgehead atoms. The lowest BCUT2D eigenvalue weighted by molar-refractivity contribution is 0.0354. The van der Waals surface area contributed by atoms with Crippen LogP contribution in [0.2, 0.25) is 0 Å². The molecule has 0 aliphatic carbocycles. The van der Waals surface area contributed by atoms with Crippen molar-refractivity contribution in [2.75, 3.05) is 39.1 Å². The highest BCUT2D eigenvalue weighted by Crippen LogP contribution is 1.98. The van der Waals surface area contributed by atoms with E-state index < -0.39 is 10.0 Å². The Hall–Kier alpha value is -0.170. The molecule has 0 aromatic heterocycles. The highest BCUT2D eigenvalue weighted by molar-refractivity contribution is 7.88. The lowest BCUT2D eigenvalue weighted by atomic mass is 10.3. The first-order chi connectivity index (χ1) is 6.47. The largest absolute Gasteiger partial charge is 0.379 e. The van der Waals surface area contributed by atoms with Crippen molar-refractivity contribution in [3.05, 3.63) is 0 Å². The van der Waals surface area contributed by atoms with E-state index in [0.29, 0.717) is 0 Å². The number of morpholine rings is 1. The van der Waals surface area contributed by atoms with Crippen molar-refractivity contribution >= 4 is 10.0 Å². The first kappa shape index (κ1) is 11.9. The first-order valence-corrected chi connectivity index (χ1v) is 6.64. The maximum Gasteiger partial charge on any atom is 0.208 e. The van der Waals surface area contributed by atoms with Crippen molar-refractivity contribution in [1.29, 1.82) is 0 Å². The summed E-state index contributed by atoms with van der Waals surface area (Å²) in [5.41, 5.74) is 0. The first-order valence-electron chi connectivity index (χ1n) is 4.75. The Morgan fingerprint density at radius 2 is 2.00 bits per heavy atom. The van der Waals surface area contributed by atoms with E-state index in [-0.39, 0.29) is 6.04 Å². The van der Waals surface area contributed by atoms with Gasteiger partial charge in [0.05, 0.1) is 19.5 Å². The van der Waals surface area contributed by atoms with Gasteiger partial charge in [-0.3, -0.25) is 4.90 Å². The van der Waals surface area contributed by atoms with Crippen molar-refractivity contribution in [2.24, 2.45) is 0 Å². The summed E-state index contributed by atoms with van der Waals surface area (Å²) in [4.78, 5) is 2.20. The summed E-state index contributed by atoms with van der Waals surface area (Å²) in [6.07, 6.45) is 1.18. The molecule has 1 aliphatic rings. The smallest absolute Gasteiger partial charge is 0.208 e. The Labute approximate surface area is 85.5 Å². The topological polar surface area (TPSA) is 58.6 Å². The molecule has 1 aliphatic heterocycles. The summed E-state index contributed by atoms with van der Waals surface area (Å²) in [5, 5.41) is 0. The summed E-state index contributed by atoms with van der Waals surface area (Å²) in [5.74, 6) is 0. The molecule has 6 heteroatoms. The van der Waals surface area contributed by atoms with Gasteiger partial charge in [-0.1, -0.05) is 0 Å². The number of sulfonamides is 1. The van der Waals surface area contributed by atoms with Gasteiger partial charge in [0.25, 0.3) is 0 Å². The molecule has 0 aromatic rings. The number of hydrogen-bond acceptors (Lipinski definition) is 4. The molecule has 1 unspecified atom stereocenters. The summed E-state index contributed by atoms with van der Waals surface area (Å²) in [6.45, 7) is 5.87. The molecule has 1 heterocycles. The van der Waals surface area contributed by atoms with E-state index in [1.54, 1.807) is 0 Å². The van der Waals surface area contributed by atoms with Gasteiger partial charge < -0.3 is 4.74 Å². The van der Waals surface area contributed by atoms with Crippen LogP contribution in [0.15, 0.2) is 0 Å². The van der Waals surface area contributed by atoms with Gasteiger partial charge in [0, 0.05) is 25.7 Å². The SMILES string of the molecule is CC(CN1CCOCC1)NS(C)(=O)=O. The van der Waals surface area contributed by atoms with E-state index in [0.717, 1.165) is 32.8 Å². The fourth-order valence-electron chi connectivity index (χ4n) is 1.57. The van der Waals surface area contributed by atoms with Crippen LogP contribution in [-0.2, 0) is 14.8 Å². The fraction of sp³-hybridized carbons (Fsp3) is 1.00. The molecular weight excluding hydrogens is 204 g/mol. The van der Waals surface area contributed by atoms with Crippen molar-refractivity contribution in [3.8, 4) is 0 Å². The van der Waals surface area contributed by atoms with Crippen LogP contribution >= 0.6 is 0 Å². The van der Waals surface area contributed by atoms with Crippen molar-refractivity contribution in [3.63, 3.8) is 0 Å². The summed E-state index contributed by atoms with van der Waals surface area (Å²) < 4.78 is 29.6. The lowest BCUT2D eigenvalue weighted by Crippen LogP contribution is -2.45. The zero-order valence-corrected chi connectivity index (χ0v) is 9.51. The fourth-order valence-corrected chi connectivity index (χ4v) is 2.38. The number of nitrogens with one attached hydrogen (secondary N) is 1. The molecule has 0 radical (unpaired) electrons. The summed E-state index contributed by atoms with van der Waals surface area (Å²) in [6, 6.07) is -0.0388. The molecule has 1 saturated heterocycles. The van der Waals surface area contributed by atoms with Gasteiger partial charge >= 0.3 is 0 Å². The molecule has 84 valence electrons. The standard InChI is InChI=1S/C8H18N2O3S/c1-8(9-14(2,11)12)7-10-3-5-13-6-4-10/h8-9H,3-7H2,1-2H3. The van der Waals surface area contributed by atoms with Crippen LogP contribution in [0.25, 0.3) is 0 Å². The second-order valence-electron chi connectivity index (χ2n) is 3.70. The van der Waals surface area contributed by atoms with Gasteiger partial charge in [0.15, 0.2) is 0 Å². The molecular formula is C8H18N2O3S. The third-order valence-electron chi connectivity index (χ3n) is 2.05. The quantitative estimate of drug-likeness (QED) is 0.680. The van der Waals surface area contributed by atoms with Crippen molar-refractivity contribution in [2.45, 2.75) is 13.0 Å². The second-order valence-corrected chi connectivity index (χ2v) is 5.48. The molecule has 0 spiro atoms. The molecule has 14 heavy (non-hydrogen) atoms. The van der Waals surface area contributed by atoms with Crippen LogP contribution in [0, 0.1) is 0 Å². The predicted octanol–water partition coefficient (Wildman–Crippen LogP) is -0.744. The summed E-state index contributed by atoms with van der Waals surface area (Å²) in [7, 11) is -3.08. The predicted molar refractivity (Wildman–Crippen MR) is 54.7 cm³/mol. The minimum absolute atomic E-state index is 0.0388. The molecule has 1 N–H and O–H groups in total. The Morgan fingerprint density at radius 3 is 2.50 bits per heavy atom. The van der Waals surface area contributed by atoms with Gasteiger partial charge in [-0.2, -0.15) is 0 Å². The van der Waals surface area contributed by atoms with Gasteiger partial charge in [-0.25, -0.2) is 13.1 Å². The Morgan fingerprint density at radius 1 is 1.43 bits per heavy atom. The normalized spacial score (nSPS) is 22.1. The van der Waals surface area contributed by atoms with Crippen LogP contribution in [-0.4, -0.2) is 58.5 Å². The number of rotatable bonds is 4. The van der Waals surface area contributed by atoms with Gasteiger partial charge in [0.1, 0.15) is 0 Å². The average Bonchev–Trinajstić information content (AvgIpc) is 2.02. The zero-order valence-electron chi connectivity index (χ0n) is 8.69. The van der Waals surface area contributed by atoms with Crippen molar-refractivity contribution < 1.29 is 13.2 Å². The third kappa shape index (κ3) is 4.90. The Kier molecular flexibility index (Phi) is 4.31. The minimum Gasteiger partial charge on any atom is -0.379 e. The zero-order chi connectivity index (χ0) is 10.6. The average molecular weight is 222 g/mol. The molecule has 0 saturated carbocycles. The maximum atomic E-state index is 10.9. The van der Waals surface area contributed by atoms with E-state index in [9.17, 15) is 8.42 Å². The van der Waals surface area contributed by atoms with E-state index in [1.165, 1.54) is 6.26 Å². The van der Waals surface area contributed by atoms with Gasteiger partial charge in [-0.15, -0.1) is 0 Å². The van der Waals surface area contributed by atoms with Crippen LogP contribution in [0.1, 0.15) is 6.92 Å². The summed E-state index contributed by atoms with van der Waals surface area (Å²) >= 11 is 0. The highest BCUT2D eigenvalue weighted by atomic mass is 32.2. The van der Waals surface area contributed by atoms with Gasteiger partial charge in [0.2, 0.25) is 10.0 Å². The lowest BCUT2D eigenvalue weighted by Gasteiger charge is -2.29. The molecule has 0 aromatic carbocycles. The van der Waals surface area contributed by atoms with E-state index in [4.69, 9.17) is 4.74 Å². The van der Waals surface area contributed by atoms with E-state index in [2.05, 4.69) is 9.62 Å². The second kappa shape index (κ2) is 5.06. The molecule has 0 amide bonds. The van der Waals surface area contributed by atoms with Crippen LogP contribution in [0.5, 0.6) is 0 Å². The molecule has 5 nitrogen and oxygen atoms in total. The van der Waals surface area contributed by atoms with Crippen LogP contribution in [0.3, 0.4) is 0 Å². The van der Waals surface area contributed by atoms with E-state index in [1.807, 2.05) is 6.92 Å². The molecule has 1 rings (SSSR count). The Balaban J connectivity index is 2.28. The highest BCUT2D eigenvalue weighted by Gasteiger charge is 2.15. The third-order valence-corrected chi connectivity index (χ3v) is 2.88. The number of hydrogen-bond donors (Lipinski definition) is 1. The molecule has 1 fully saturated rings. The van der Waals surface area contributed by atoms with Crippen LogP contribution in [0.4, 0.5) is 0 Å². The number of nitrogens with zero attached hydrogens (tertiary/aromatic N) is 1. The monoisotopic (exact) mass is 222 g/mol. The minimum atomic E-state index is -3.08. The molecule has 1 atom stereocenters. The number of ether oxygens (including phenoxy) is 1. The van der Waals surface area contributed by atoms with E-state index >= 15 is 0 Å².